The first-order valence-corrected chi connectivity index (χ1v) is 9.61. The molecule has 4 heteroatoms. The number of benzene rings is 2. The Hall–Kier alpha value is -1.06. The second kappa shape index (κ2) is 7.28. The summed E-state index contributed by atoms with van der Waals surface area (Å²) in [5, 5.41) is 16.7. The molecule has 0 bridgehead atoms. The molecule has 2 aromatic rings. The molecule has 1 aliphatic heterocycles. The minimum absolute atomic E-state index is 0.0547. The molecule has 1 fully saturated rings. The molecular weight excluding hydrogens is 353 g/mol. The van der Waals surface area contributed by atoms with Crippen LogP contribution in [0.2, 0.25) is 10.0 Å². The van der Waals surface area contributed by atoms with Gasteiger partial charge in [0.2, 0.25) is 0 Å². The van der Waals surface area contributed by atoms with E-state index < -0.39 is 5.60 Å². The van der Waals surface area contributed by atoms with Crippen LogP contribution >= 0.6 is 23.2 Å². The number of aliphatic hydroxyl groups is 1. The van der Waals surface area contributed by atoms with Crippen molar-refractivity contribution >= 4 is 23.2 Å². The van der Waals surface area contributed by atoms with Crippen molar-refractivity contribution < 1.29 is 5.11 Å². The van der Waals surface area contributed by atoms with Crippen LogP contribution in [0, 0.1) is 11.8 Å². The highest BCUT2D eigenvalue weighted by Crippen LogP contribution is 2.48. The van der Waals surface area contributed by atoms with Crippen LogP contribution in [0.1, 0.15) is 50.4 Å². The Morgan fingerprint density at radius 2 is 1.20 bits per heavy atom. The minimum Gasteiger partial charge on any atom is -0.389 e. The summed E-state index contributed by atoms with van der Waals surface area (Å²) in [6, 6.07) is 15.9. The molecule has 0 aromatic heterocycles. The Balaban J connectivity index is 2.01. The molecule has 0 radical (unpaired) electrons. The molecule has 0 saturated carbocycles. The Labute approximate surface area is 160 Å². The number of piperidine rings is 1. The van der Waals surface area contributed by atoms with E-state index in [0.717, 1.165) is 21.2 Å². The third-order valence-corrected chi connectivity index (χ3v) is 6.46. The fraction of sp³-hybridized carbons (Fsp3) is 0.429. The first-order chi connectivity index (χ1) is 11.9. The molecule has 1 saturated heterocycles. The van der Waals surface area contributed by atoms with E-state index in [-0.39, 0.29) is 23.9 Å². The summed E-state index contributed by atoms with van der Waals surface area (Å²) < 4.78 is 0. The maximum atomic E-state index is 11.5. The molecule has 25 heavy (non-hydrogen) atoms. The summed E-state index contributed by atoms with van der Waals surface area (Å²) in [5.74, 6) is 0.162. The number of hydrogen-bond acceptors (Lipinski definition) is 2. The van der Waals surface area contributed by atoms with Gasteiger partial charge in [-0.1, -0.05) is 68.2 Å². The molecule has 2 aromatic carbocycles. The summed E-state index contributed by atoms with van der Waals surface area (Å²) in [5.41, 5.74) is 1.55. The van der Waals surface area contributed by atoms with Crippen molar-refractivity contribution in [2.45, 2.75) is 44.9 Å². The van der Waals surface area contributed by atoms with Crippen molar-refractivity contribution in [3.05, 3.63) is 69.7 Å². The van der Waals surface area contributed by atoms with Crippen LogP contribution in [0.4, 0.5) is 0 Å². The normalized spacial score (nSPS) is 32.6. The number of nitrogens with one attached hydrogen (secondary N) is 1. The van der Waals surface area contributed by atoms with Gasteiger partial charge in [0.15, 0.2) is 0 Å². The second-order valence-corrected chi connectivity index (χ2v) is 8.02. The van der Waals surface area contributed by atoms with Crippen LogP contribution in [0.3, 0.4) is 0 Å². The summed E-state index contributed by atoms with van der Waals surface area (Å²) in [7, 11) is 0. The Kier molecular flexibility index (Phi) is 5.45. The van der Waals surface area contributed by atoms with Gasteiger partial charge in [0.25, 0.3) is 0 Å². The van der Waals surface area contributed by atoms with Gasteiger partial charge in [0, 0.05) is 34.0 Å². The monoisotopic (exact) mass is 377 g/mol. The fourth-order valence-corrected chi connectivity index (χ4v) is 4.48. The fourth-order valence-electron chi connectivity index (χ4n) is 4.23. The standard InChI is InChI=1S/C21H25Cl2NO/c1-4-21(25)13(2)19(15-5-9-17(22)10-6-15)24-20(14(21)3)16-7-11-18(23)12-8-16/h5-14,19-20,24-25H,4H2,1-3H3/t13-,14-,19+,20+/m0/s1. The van der Waals surface area contributed by atoms with Gasteiger partial charge in [-0.25, -0.2) is 0 Å². The first kappa shape index (κ1) is 18.7. The third kappa shape index (κ3) is 3.46. The van der Waals surface area contributed by atoms with Crippen LogP contribution in [0.15, 0.2) is 48.5 Å². The Morgan fingerprint density at radius 1 is 0.840 bits per heavy atom. The summed E-state index contributed by atoms with van der Waals surface area (Å²) >= 11 is 12.1. The molecule has 2 nitrogen and oxygen atoms in total. The number of rotatable bonds is 3. The average Bonchev–Trinajstić information content (AvgIpc) is 2.62. The van der Waals surface area contributed by atoms with E-state index in [1.54, 1.807) is 0 Å². The van der Waals surface area contributed by atoms with Crippen molar-refractivity contribution in [3.8, 4) is 0 Å². The van der Waals surface area contributed by atoms with Gasteiger partial charge in [-0.2, -0.15) is 0 Å². The quantitative estimate of drug-likeness (QED) is 0.708. The topological polar surface area (TPSA) is 32.3 Å². The van der Waals surface area contributed by atoms with Crippen molar-refractivity contribution in [2.75, 3.05) is 0 Å². The highest BCUT2D eigenvalue weighted by Gasteiger charge is 2.49. The lowest BCUT2D eigenvalue weighted by Gasteiger charge is -2.52. The Bertz CT molecular complexity index is 656. The van der Waals surface area contributed by atoms with Crippen molar-refractivity contribution in [3.63, 3.8) is 0 Å². The van der Waals surface area contributed by atoms with E-state index in [1.807, 2.05) is 48.5 Å². The van der Waals surface area contributed by atoms with Crippen molar-refractivity contribution in [1.82, 2.24) is 5.32 Å². The van der Waals surface area contributed by atoms with E-state index in [0.29, 0.717) is 6.42 Å². The zero-order valence-electron chi connectivity index (χ0n) is 14.8. The van der Waals surface area contributed by atoms with E-state index in [2.05, 4.69) is 26.1 Å². The lowest BCUT2D eigenvalue weighted by atomic mass is 9.65. The van der Waals surface area contributed by atoms with Crippen molar-refractivity contribution in [2.24, 2.45) is 11.8 Å². The van der Waals surface area contributed by atoms with Gasteiger partial charge in [0.1, 0.15) is 0 Å². The Morgan fingerprint density at radius 3 is 1.52 bits per heavy atom. The molecule has 0 amide bonds. The molecule has 0 aliphatic carbocycles. The summed E-state index contributed by atoms with van der Waals surface area (Å²) in [4.78, 5) is 0. The highest BCUT2D eigenvalue weighted by molar-refractivity contribution is 6.30. The van der Waals surface area contributed by atoms with Gasteiger partial charge in [0.05, 0.1) is 5.60 Å². The highest BCUT2D eigenvalue weighted by atomic mass is 35.5. The lowest BCUT2D eigenvalue weighted by molar-refractivity contribution is -0.113. The van der Waals surface area contributed by atoms with E-state index in [4.69, 9.17) is 23.2 Å². The summed E-state index contributed by atoms with van der Waals surface area (Å²) in [6.45, 7) is 6.32. The molecule has 3 rings (SSSR count). The number of hydrogen-bond donors (Lipinski definition) is 2. The van der Waals surface area contributed by atoms with Crippen LogP contribution in [-0.4, -0.2) is 10.7 Å². The molecule has 134 valence electrons. The summed E-state index contributed by atoms with van der Waals surface area (Å²) in [6.07, 6.45) is 0.713. The van der Waals surface area contributed by atoms with E-state index in [1.165, 1.54) is 0 Å². The second-order valence-electron chi connectivity index (χ2n) is 7.15. The zero-order valence-corrected chi connectivity index (χ0v) is 16.4. The molecule has 0 unspecified atom stereocenters. The number of halogens is 2. The van der Waals surface area contributed by atoms with Crippen LogP contribution in [0.25, 0.3) is 0 Å². The van der Waals surface area contributed by atoms with Gasteiger partial charge in [-0.05, 0) is 41.8 Å². The third-order valence-electron chi connectivity index (χ3n) is 5.96. The van der Waals surface area contributed by atoms with Gasteiger partial charge in [-0.15, -0.1) is 0 Å². The smallest absolute Gasteiger partial charge is 0.0732 e. The maximum Gasteiger partial charge on any atom is 0.0732 e. The molecule has 1 heterocycles. The van der Waals surface area contributed by atoms with Gasteiger partial charge in [-0.3, -0.25) is 0 Å². The maximum absolute atomic E-state index is 11.5. The molecule has 0 spiro atoms. The first-order valence-electron chi connectivity index (χ1n) is 8.86. The molecule has 2 N–H and O–H groups in total. The van der Waals surface area contributed by atoms with E-state index in [9.17, 15) is 5.11 Å². The minimum atomic E-state index is -0.750. The van der Waals surface area contributed by atoms with Gasteiger partial charge < -0.3 is 10.4 Å². The van der Waals surface area contributed by atoms with Crippen LogP contribution < -0.4 is 5.32 Å². The van der Waals surface area contributed by atoms with Crippen LogP contribution in [-0.2, 0) is 0 Å². The SMILES string of the molecule is CCC1(O)[C@@H](C)[C@H](c2ccc(Cl)cc2)N[C@@H](c2ccc(Cl)cc2)[C@@H]1C. The van der Waals surface area contributed by atoms with Gasteiger partial charge >= 0.3 is 0 Å². The predicted molar refractivity (Wildman–Crippen MR) is 105 cm³/mol. The molecule has 4 atom stereocenters. The largest absolute Gasteiger partial charge is 0.389 e. The molecular formula is C21H25Cl2NO. The predicted octanol–water partition coefficient (Wildman–Crippen LogP) is 5.79. The van der Waals surface area contributed by atoms with E-state index >= 15 is 0 Å². The zero-order chi connectivity index (χ0) is 18.2. The lowest BCUT2D eigenvalue weighted by Crippen LogP contribution is -2.57. The average molecular weight is 378 g/mol. The van der Waals surface area contributed by atoms with Crippen molar-refractivity contribution in [1.29, 1.82) is 0 Å². The van der Waals surface area contributed by atoms with Crippen LogP contribution in [0.5, 0.6) is 0 Å². The molecule has 1 aliphatic rings.